The van der Waals surface area contributed by atoms with Gasteiger partial charge in [-0.05, 0) is 36.3 Å². The summed E-state index contributed by atoms with van der Waals surface area (Å²) in [6.45, 7) is 3.90. The number of carbonyl (C=O) groups is 2. The summed E-state index contributed by atoms with van der Waals surface area (Å²) in [7, 11) is 1.62. The number of ether oxygens (including phenoxy) is 1. The second kappa shape index (κ2) is 7.71. The number of hydrogen-bond acceptors (Lipinski definition) is 5. The van der Waals surface area contributed by atoms with Crippen LogP contribution in [0.1, 0.15) is 13.8 Å². The molecule has 0 aliphatic carbocycles. The number of hydrogen-bond donors (Lipinski definition) is 1. The van der Waals surface area contributed by atoms with Gasteiger partial charge in [0.15, 0.2) is 5.11 Å². The van der Waals surface area contributed by atoms with Gasteiger partial charge < -0.3 is 10.1 Å². The van der Waals surface area contributed by atoms with Crippen LogP contribution >= 0.6 is 12.2 Å². The van der Waals surface area contributed by atoms with Crippen molar-refractivity contribution in [1.82, 2.24) is 10.3 Å². The lowest BCUT2D eigenvalue weighted by molar-refractivity contribution is -0.119. The third-order valence-corrected chi connectivity index (χ3v) is 4.52. The van der Waals surface area contributed by atoms with Crippen molar-refractivity contribution in [3.05, 3.63) is 48.7 Å². The molecule has 0 unspecified atom stereocenters. The Labute approximate surface area is 162 Å². The van der Waals surface area contributed by atoms with E-state index in [2.05, 4.69) is 10.3 Å². The molecule has 1 N–H and O–H groups in total. The molecule has 1 fully saturated rings. The molecule has 1 aliphatic heterocycles. The number of para-hydroxylation sites is 1. The predicted molar refractivity (Wildman–Crippen MR) is 107 cm³/mol. The first-order chi connectivity index (χ1) is 12.9. The lowest BCUT2D eigenvalue weighted by Gasteiger charge is -2.17. The number of anilines is 2. The van der Waals surface area contributed by atoms with Crippen molar-refractivity contribution in [3.8, 4) is 5.88 Å². The van der Waals surface area contributed by atoms with Gasteiger partial charge >= 0.3 is 6.09 Å². The van der Waals surface area contributed by atoms with Gasteiger partial charge in [0, 0.05) is 18.8 Å². The van der Waals surface area contributed by atoms with Crippen molar-refractivity contribution in [3.63, 3.8) is 0 Å². The van der Waals surface area contributed by atoms with Crippen molar-refractivity contribution >= 4 is 40.7 Å². The van der Waals surface area contributed by atoms with E-state index in [1.54, 1.807) is 25.2 Å². The van der Waals surface area contributed by atoms with Gasteiger partial charge in [-0.3, -0.25) is 14.6 Å². The maximum absolute atomic E-state index is 12.5. The van der Waals surface area contributed by atoms with Crippen molar-refractivity contribution in [2.45, 2.75) is 19.9 Å². The second-order valence-electron chi connectivity index (χ2n) is 6.46. The second-order valence-corrected chi connectivity index (χ2v) is 6.85. The van der Waals surface area contributed by atoms with Gasteiger partial charge in [0.2, 0.25) is 5.88 Å². The molecule has 1 atom stereocenters. The number of carbonyl (C=O) groups excluding carboxylic acids is 2. The quantitative estimate of drug-likeness (QED) is 0.817. The SMILES string of the molecule is CC(C)[C@@H]1NC(=S)N(c2ccc(OC(=O)N(C)c3ccccc3)nc2)C1=O. The Morgan fingerprint density at radius 1 is 1.26 bits per heavy atom. The highest BCUT2D eigenvalue weighted by Crippen LogP contribution is 2.23. The van der Waals surface area contributed by atoms with Gasteiger partial charge in [0.25, 0.3) is 5.91 Å². The molecule has 0 bridgehead atoms. The molecule has 140 valence electrons. The molecule has 7 nitrogen and oxygen atoms in total. The van der Waals surface area contributed by atoms with E-state index in [-0.39, 0.29) is 23.7 Å². The minimum atomic E-state index is -0.559. The minimum absolute atomic E-state index is 0.113. The Bertz CT molecular complexity index is 855. The molecule has 0 saturated carbocycles. The van der Waals surface area contributed by atoms with Crippen LogP contribution in [0, 0.1) is 5.92 Å². The molecule has 2 heterocycles. The fourth-order valence-electron chi connectivity index (χ4n) is 2.67. The highest BCUT2D eigenvalue weighted by Gasteiger charge is 2.38. The van der Waals surface area contributed by atoms with Gasteiger partial charge in [-0.25, -0.2) is 9.78 Å². The Morgan fingerprint density at radius 2 is 1.96 bits per heavy atom. The van der Waals surface area contributed by atoms with Crippen LogP contribution in [0.4, 0.5) is 16.2 Å². The van der Waals surface area contributed by atoms with Crippen LogP contribution in [-0.4, -0.2) is 35.2 Å². The molecule has 1 aromatic carbocycles. The number of nitrogens with one attached hydrogen (secondary N) is 1. The first-order valence-corrected chi connectivity index (χ1v) is 8.90. The molecule has 2 amide bonds. The summed E-state index contributed by atoms with van der Waals surface area (Å²) in [5, 5.41) is 3.36. The first-order valence-electron chi connectivity index (χ1n) is 8.49. The van der Waals surface area contributed by atoms with E-state index >= 15 is 0 Å². The number of nitrogens with zero attached hydrogens (tertiary/aromatic N) is 3. The Morgan fingerprint density at radius 3 is 2.52 bits per heavy atom. The van der Waals surface area contributed by atoms with Crippen molar-refractivity contribution in [1.29, 1.82) is 0 Å². The summed E-state index contributed by atoms with van der Waals surface area (Å²) in [5.74, 6) is 0.130. The van der Waals surface area contributed by atoms with E-state index in [4.69, 9.17) is 17.0 Å². The highest BCUT2D eigenvalue weighted by molar-refractivity contribution is 7.80. The topological polar surface area (TPSA) is 74.8 Å². The van der Waals surface area contributed by atoms with Crippen LogP contribution in [0.2, 0.25) is 0 Å². The molecular weight excluding hydrogens is 364 g/mol. The average Bonchev–Trinajstić information content (AvgIpc) is 2.97. The molecule has 0 radical (unpaired) electrons. The number of thiocarbonyl (C=S) groups is 1. The zero-order valence-electron chi connectivity index (χ0n) is 15.2. The van der Waals surface area contributed by atoms with E-state index < -0.39 is 6.09 Å². The smallest absolute Gasteiger partial charge is 0.391 e. The summed E-state index contributed by atoms with van der Waals surface area (Å²) in [6.07, 6.45) is 0.899. The summed E-state index contributed by atoms with van der Waals surface area (Å²) in [4.78, 5) is 31.7. The molecule has 1 aliphatic rings. The van der Waals surface area contributed by atoms with Gasteiger partial charge in [-0.15, -0.1) is 0 Å². The van der Waals surface area contributed by atoms with Crippen LogP contribution in [0.15, 0.2) is 48.7 Å². The zero-order chi connectivity index (χ0) is 19.6. The van der Waals surface area contributed by atoms with Crippen molar-refractivity contribution in [2.24, 2.45) is 5.92 Å². The van der Waals surface area contributed by atoms with E-state index in [0.717, 1.165) is 0 Å². The van der Waals surface area contributed by atoms with Crippen LogP contribution in [-0.2, 0) is 4.79 Å². The maximum atomic E-state index is 12.5. The molecule has 3 rings (SSSR count). The van der Waals surface area contributed by atoms with Gasteiger partial charge in [0.1, 0.15) is 6.04 Å². The number of pyridine rings is 1. The van der Waals surface area contributed by atoms with Crippen LogP contribution < -0.4 is 19.9 Å². The van der Waals surface area contributed by atoms with Crippen molar-refractivity contribution < 1.29 is 14.3 Å². The van der Waals surface area contributed by atoms with E-state index in [1.165, 1.54) is 22.1 Å². The van der Waals surface area contributed by atoms with Gasteiger partial charge in [-0.1, -0.05) is 32.0 Å². The maximum Gasteiger partial charge on any atom is 0.420 e. The predicted octanol–water partition coefficient (Wildman–Crippen LogP) is 2.96. The van der Waals surface area contributed by atoms with Gasteiger partial charge in [0.05, 0.1) is 11.9 Å². The Balaban J connectivity index is 1.70. The zero-order valence-corrected chi connectivity index (χ0v) is 16.1. The molecular formula is C19H20N4O3S. The Kier molecular flexibility index (Phi) is 5.36. The van der Waals surface area contributed by atoms with Crippen LogP contribution in [0.5, 0.6) is 5.88 Å². The third-order valence-electron chi connectivity index (χ3n) is 4.22. The van der Waals surface area contributed by atoms with E-state index in [0.29, 0.717) is 16.5 Å². The molecule has 1 saturated heterocycles. The summed E-state index contributed by atoms with van der Waals surface area (Å²) in [6, 6.07) is 12.0. The number of benzene rings is 1. The first kappa shape index (κ1) is 18.8. The summed E-state index contributed by atoms with van der Waals surface area (Å²) < 4.78 is 5.29. The largest absolute Gasteiger partial charge is 0.420 e. The normalized spacial score (nSPS) is 16.4. The van der Waals surface area contributed by atoms with Crippen LogP contribution in [0.25, 0.3) is 0 Å². The number of aromatic nitrogens is 1. The standard InChI is InChI=1S/C19H20N4O3S/c1-12(2)16-17(24)23(18(27)21-16)14-9-10-15(20-11-14)26-19(25)22(3)13-7-5-4-6-8-13/h4-12,16H,1-3H3,(H,21,27)/t16-/m0/s1. The lowest BCUT2D eigenvalue weighted by Crippen LogP contribution is -2.34. The van der Waals surface area contributed by atoms with E-state index in [9.17, 15) is 9.59 Å². The monoisotopic (exact) mass is 384 g/mol. The number of rotatable bonds is 4. The fraction of sp³-hybridized carbons (Fsp3) is 0.263. The average molecular weight is 384 g/mol. The molecule has 1 aromatic heterocycles. The van der Waals surface area contributed by atoms with Crippen LogP contribution in [0.3, 0.4) is 0 Å². The highest BCUT2D eigenvalue weighted by atomic mass is 32.1. The summed E-state index contributed by atoms with van der Waals surface area (Å²) in [5.41, 5.74) is 1.23. The number of amides is 2. The fourth-order valence-corrected chi connectivity index (χ4v) is 3.00. The lowest BCUT2D eigenvalue weighted by atomic mass is 10.1. The van der Waals surface area contributed by atoms with E-state index in [1.807, 2.05) is 32.0 Å². The molecule has 0 spiro atoms. The van der Waals surface area contributed by atoms with Gasteiger partial charge in [-0.2, -0.15) is 0 Å². The molecule has 27 heavy (non-hydrogen) atoms. The minimum Gasteiger partial charge on any atom is -0.391 e. The third kappa shape index (κ3) is 3.90. The Hall–Kier alpha value is -3.00. The van der Waals surface area contributed by atoms with Crippen molar-refractivity contribution in [2.75, 3.05) is 16.8 Å². The summed E-state index contributed by atoms with van der Waals surface area (Å²) >= 11 is 5.26. The molecule has 8 heteroatoms. The molecule has 2 aromatic rings.